The highest BCUT2D eigenvalue weighted by molar-refractivity contribution is 7.89. The van der Waals surface area contributed by atoms with Crippen LogP contribution in [0.4, 0.5) is 11.4 Å². The maximum atomic E-state index is 13.5. The van der Waals surface area contributed by atoms with E-state index in [2.05, 4.69) is 21.4 Å². The molecule has 0 spiro atoms. The second-order valence-electron chi connectivity index (χ2n) is 10.8. The van der Waals surface area contributed by atoms with Crippen LogP contribution in [-0.4, -0.2) is 35.8 Å². The number of nitrogens with zero attached hydrogens (tertiary/aromatic N) is 3. The van der Waals surface area contributed by atoms with Crippen LogP contribution in [0.5, 0.6) is 0 Å². The Morgan fingerprint density at radius 1 is 1.17 bits per heavy atom. The normalized spacial score (nSPS) is 14.0. The Balaban J connectivity index is 1.42. The van der Waals surface area contributed by atoms with Crippen LogP contribution in [0.3, 0.4) is 0 Å². The third-order valence-electron chi connectivity index (χ3n) is 8.24. The summed E-state index contributed by atoms with van der Waals surface area (Å²) in [5.41, 5.74) is 6.42. The van der Waals surface area contributed by atoms with E-state index in [0.717, 1.165) is 57.7 Å². The molecule has 8 heteroatoms. The first-order valence-electron chi connectivity index (χ1n) is 14.3. The Morgan fingerprint density at radius 3 is 2.73 bits per heavy atom. The molecule has 0 unspecified atom stereocenters. The molecule has 2 aromatic carbocycles. The molecule has 1 aliphatic rings. The van der Waals surface area contributed by atoms with Gasteiger partial charge in [-0.1, -0.05) is 50.5 Å². The van der Waals surface area contributed by atoms with Gasteiger partial charge in [0, 0.05) is 53.3 Å². The lowest BCUT2D eigenvalue weighted by Crippen LogP contribution is -2.32. The van der Waals surface area contributed by atoms with E-state index in [4.69, 9.17) is 0 Å². The van der Waals surface area contributed by atoms with Crippen LogP contribution in [0, 0.1) is 31.1 Å². The summed E-state index contributed by atoms with van der Waals surface area (Å²) in [7, 11) is -3.60. The number of H-pyrrole nitrogens is 1. The molecule has 2 aromatic heterocycles. The summed E-state index contributed by atoms with van der Waals surface area (Å²) in [5, 5.41) is 14.5. The van der Waals surface area contributed by atoms with Gasteiger partial charge in [-0.05, 0) is 74.1 Å². The molecular weight excluding hydrogens is 530 g/mol. The fourth-order valence-corrected chi connectivity index (χ4v) is 7.04. The van der Waals surface area contributed by atoms with Crippen LogP contribution >= 0.6 is 0 Å². The first-order chi connectivity index (χ1) is 19.8. The number of aromatic nitrogens is 2. The van der Waals surface area contributed by atoms with Crippen molar-refractivity contribution in [3.05, 3.63) is 82.8 Å². The zero-order chi connectivity index (χ0) is 29.0. The molecule has 1 aliphatic carbocycles. The zero-order valence-corrected chi connectivity index (χ0v) is 24.8. The van der Waals surface area contributed by atoms with E-state index >= 15 is 0 Å². The van der Waals surface area contributed by atoms with Crippen LogP contribution in [0.2, 0.25) is 0 Å². The Kier molecular flexibility index (Phi) is 8.57. The minimum absolute atomic E-state index is 0.291. The van der Waals surface area contributed by atoms with E-state index in [1.807, 2.05) is 63.4 Å². The van der Waals surface area contributed by atoms with E-state index < -0.39 is 10.0 Å². The summed E-state index contributed by atoms with van der Waals surface area (Å²) in [4.78, 5) is 7.97. The SMILES string of the molecule is CCN(CCCC1CCC1)S(=O)(=O)c1cccc(/C=C/c2c(C)ncc(C#N)c2Nc2ccc3[nH]ccc3c2C)c1. The van der Waals surface area contributed by atoms with Gasteiger partial charge in [-0.3, -0.25) is 4.98 Å². The molecule has 1 saturated carbocycles. The van der Waals surface area contributed by atoms with Crippen LogP contribution in [0.15, 0.2) is 59.8 Å². The van der Waals surface area contributed by atoms with Gasteiger partial charge in [0.2, 0.25) is 10.0 Å². The van der Waals surface area contributed by atoms with Gasteiger partial charge in [-0.2, -0.15) is 9.57 Å². The number of pyridine rings is 1. The van der Waals surface area contributed by atoms with Crippen molar-refractivity contribution in [2.45, 2.75) is 57.8 Å². The summed E-state index contributed by atoms with van der Waals surface area (Å²) < 4.78 is 28.6. The Labute approximate surface area is 243 Å². The molecule has 0 bridgehead atoms. The summed E-state index contributed by atoms with van der Waals surface area (Å²) in [5.74, 6) is 0.766. The minimum atomic E-state index is -3.60. The molecule has 0 amide bonds. The molecule has 0 aliphatic heterocycles. The van der Waals surface area contributed by atoms with Gasteiger partial charge in [0.25, 0.3) is 0 Å². The number of benzene rings is 2. The lowest BCUT2D eigenvalue weighted by atomic mass is 9.82. The van der Waals surface area contributed by atoms with E-state index in [1.54, 1.807) is 28.7 Å². The van der Waals surface area contributed by atoms with Crippen molar-refractivity contribution in [3.63, 3.8) is 0 Å². The summed E-state index contributed by atoms with van der Waals surface area (Å²) >= 11 is 0. The van der Waals surface area contributed by atoms with Crippen molar-refractivity contribution in [2.24, 2.45) is 5.92 Å². The first-order valence-corrected chi connectivity index (χ1v) is 15.8. The number of anilines is 2. The van der Waals surface area contributed by atoms with Gasteiger partial charge in [0.15, 0.2) is 0 Å². The molecular formula is C33H37N5O2S. The van der Waals surface area contributed by atoms with E-state index in [0.29, 0.717) is 29.2 Å². The summed E-state index contributed by atoms with van der Waals surface area (Å²) in [6.07, 6.45) is 13.1. The van der Waals surface area contributed by atoms with Crippen molar-refractivity contribution < 1.29 is 8.42 Å². The Hall–Kier alpha value is -3.93. The maximum Gasteiger partial charge on any atom is 0.243 e. The molecule has 41 heavy (non-hydrogen) atoms. The lowest BCUT2D eigenvalue weighted by molar-refractivity contribution is 0.278. The fourth-order valence-electron chi connectivity index (χ4n) is 5.49. The predicted molar refractivity (Wildman–Crippen MR) is 166 cm³/mol. The topological polar surface area (TPSA) is 102 Å². The summed E-state index contributed by atoms with van der Waals surface area (Å²) in [6.45, 7) is 6.84. The molecule has 212 valence electrons. The Bertz CT molecular complexity index is 1730. The van der Waals surface area contributed by atoms with Crippen LogP contribution in [0.25, 0.3) is 23.1 Å². The number of aryl methyl sites for hydroxylation is 2. The number of nitrogens with one attached hydrogen (secondary N) is 2. The van der Waals surface area contributed by atoms with E-state index in [-0.39, 0.29) is 0 Å². The van der Waals surface area contributed by atoms with Crippen LogP contribution < -0.4 is 5.32 Å². The van der Waals surface area contributed by atoms with Crippen LogP contribution in [-0.2, 0) is 10.0 Å². The van der Waals surface area contributed by atoms with Gasteiger partial charge >= 0.3 is 0 Å². The highest BCUT2D eigenvalue weighted by Gasteiger charge is 2.24. The van der Waals surface area contributed by atoms with E-state index in [1.165, 1.54) is 19.3 Å². The third kappa shape index (κ3) is 6.07. The number of nitriles is 1. The summed E-state index contributed by atoms with van der Waals surface area (Å²) in [6, 6.07) is 15.4. The second-order valence-corrected chi connectivity index (χ2v) is 12.7. The smallest absolute Gasteiger partial charge is 0.243 e. The van der Waals surface area contributed by atoms with Gasteiger partial charge in [-0.15, -0.1) is 0 Å². The van der Waals surface area contributed by atoms with Gasteiger partial charge in [-0.25, -0.2) is 8.42 Å². The largest absolute Gasteiger partial charge is 0.361 e. The van der Waals surface area contributed by atoms with Crippen LogP contribution in [0.1, 0.15) is 67.0 Å². The van der Waals surface area contributed by atoms with E-state index in [9.17, 15) is 13.7 Å². The molecule has 2 N–H and O–H groups in total. The molecule has 7 nitrogen and oxygen atoms in total. The lowest BCUT2D eigenvalue weighted by Gasteiger charge is -2.27. The second kappa shape index (κ2) is 12.3. The minimum Gasteiger partial charge on any atom is -0.361 e. The van der Waals surface area contributed by atoms with Crippen molar-refractivity contribution in [1.82, 2.24) is 14.3 Å². The first kappa shape index (κ1) is 28.6. The molecule has 2 heterocycles. The number of sulfonamides is 1. The number of aromatic amines is 1. The average molecular weight is 568 g/mol. The van der Waals surface area contributed by atoms with Gasteiger partial charge in [0.1, 0.15) is 6.07 Å². The van der Waals surface area contributed by atoms with Gasteiger partial charge in [0.05, 0.1) is 16.1 Å². The zero-order valence-electron chi connectivity index (χ0n) is 23.9. The molecule has 0 atom stereocenters. The van der Waals surface area contributed by atoms with Crippen molar-refractivity contribution >= 4 is 44.5 Å². The fraction of sp³-hybridized carbons (Fsp3) is 0.333. The van der Waals surface area contributed by atoms with Crippen molar-refractivity contribution in [1.29, 1.82) is 5.26 Å². The molecule has 1 fully saturated rings. The molecule has 4 aromatic rings. The predicted octanol–water partition coefficient (Wildman–Crippen LogP) is 7.56. The maximum absolute atomic E-state index is 13.5. The van der Waals surface area contributed by atoms with Gasteiger partial charge < -0.3 is 10.3 Å². The quantitative estimate of drug-likeness (QED) is 0.195. The van der Waals surface area contributed by atoms with Crippen molar-refractivity contribution in [3.8, 4) is 6.07 Å². The number of hydrogen-bond donors (Lipinski definition) is 2. The third-order valence-corrected chi connectivity index (χ3v) is 10.2. The number of rotatable bonds is 11. The number of hydrogen-bond acceptors (Lipinski definition) is 5. The average Bonchev–Trinajstić information content (AvgIpc) is 3.43. The van der Waals surface area contributed by atoms with Crippen molar-refractivity contribution in [2.75, 3.05) is 18.4 Å². The molecule has 5 rings (SSSR count). The number of fused-ring (bicyclic) bond motifs is 1. The monoisotopic (exact) mass is 567 g/mol. The molecule has 0 radical (unpaired) electrons. The highest BCUT2D eigenvalue weighted by atomic mass is 32.2. The molecule has 0 saturated heterocycles. The highest BCUT2D eigenvalue weighted by Crippen LogP contribution is 2.33. The Morgan fingerprint density at radius 2 is 2.00 bits per heavy atom. The standard InChI is InChI=1S/C33H37N5O2S/c1-4-38(19-7-11-25-8-5-9-25)41(39,40)28-12-6-10-26(20-28)13-14-30-24(3)36-22-27(21-34)33(30)37-31-15-16-32-29(23(31)2)17-18-35-32/h6,10,12-18,20,22,25,35H,4-5,7-9,11,19H2,1-3H3,(H,36,37)/b14-13+.